The SMILES string of the molecule is C[C@H](N)C(=O)N[C@@H](CC(=O)O)C(=O)N[C@@H](CCCN=C(N)N)C(=O)N[C@@H](CO)C(=O)N[C@@H](Cc1ccccc1)C(=O)N[C@@H](CCCN=C(N)N)C(=O)N[C@@H](Cc1ccc(O)cc1)C(=O)O. The lowest BCUT2D eigenvalue weighted by Crippen LogP contribution is -2.60. The summed E-state index contributed by atoms with van der Waals surface area (Å²) < 4.78 is 0. The normalized spacial score (nSPS) is 14.0. The third kappa shape index (κ3) is 20.5. The molecule has 0 aliphatic heterocycles. The van der Waals surface area contributed by atoms with E-state index in [1.165, 1.54) is 31.2 Å². The highest BCUT2D eigenvalue weighted by molar-refractivity contribution is 5.97. The van der Waals surface area contributed by atoms with Crippen molar-refractivity contribution in [2.75, 3.05) is 19.7 Å². The first-order valence-electron chi connectivity index (χ1n) is 20.3. The number of aliphatic imine (C=N–C) groups is 2. The third-order valence-electron chi connectivity index (χ3n) is 9.30. The average Bonchev–Trinajstić information content (AvgIpc) is 3.24. The topological polar surface area (TPSA) is 444 Å². The summed E-state index contributed by atoms with van der Waals surface area (Å²) in [5.74, 6) is -9.37. The quantitative estimate of drug-likeness (QED) is 0.0216. The average molecular weight is 914 g/mol. The van der Waals surface area contributed by atoms with Gasteiger partial charge in [-0.25, -0.2) is 4.79 Å². The second kappa shape index (κ2) is 27.5. The lowest BCUT2D eigenvalue weighted by atomic mass is 10.0. The molecule has 0 saturated carbocycles. The molecule has 7 atom stereocenters. The van der Waals surface area contributed by atoms with E-state index in [4.69, 9.17) is 28.7 Å². The van der Waals surface area contributed by atoms with Gasteiger partial charge in [0, 0.05) is 25.9 Å². The molecule has 0 heterocycles. The summed E-state index contributed by atoms with van der Waals surface area (Å²) >= 11 is 0. The van der Waals surface area contributed by atoms with Crippen LogP contribution in [0.5, 0.6) is 5.75 Å². The Morgan fingerprint density at radius 1 is 0.554 bits per heavy atom. The third-order valence-corrected chi connectivity index (χ3v) is 9.30. The van der Waals surface area contributed by atoms with Crippen molar-refractivity contribution in [1.82, 2.24) is 31.9 Å². The van der Waals surface area contributed by atoms with Gasteiger partial charge in [-0.2, -0.15) is 0 Å². The van der Waals surface area contributed by atoms with Crippen molar-refractivity contribution in [3.63, 3.8) is 0 Å². The smallest absolute Gasteiger partial charge is 0.326 e. The predicted octanol–water partition coefficient (Wildman–Crippen LogP) is -4.91. The van der Waals surface area contributed by atoms with Crippen LogP contribution in [-0.2, 0) is 51.2 Å². The number of carboxylic acid groups (broad SMARTS) is 2. The highest BCUT2D eigenvalue weighted by Crippen LogP contribution is 2.13. The molecule has 6 amide bonds. The maximum absolute atomic E-state index is 14.1. The maximum atomic E-state index is 14.1. The fraction of sp³-hybridized carbons (Fsp3) is 0.450. The van der Waals surface area contributed by atoms with E-state index in [1.807, 2.05) is 0 Å². The molecule has 20 N–H and O–H groups in total. The number of nitrogens with two attached hydrogens (primary N) is 5. The van der Waals surface area contributed by atoms with Crippen LogP contribution in [0.15, 0.2) is 64.6 Å². The first kappa shape index (κ1) is 53.6. The highest BCUT2D eigenvalue weighted by Gasteiger charge is 2.34. The zero-order chi connectivity index (χ0) is 48.6. The van der Waals surface area contributed by atoms with Crippen LogP contribution in [0, 0.1) is 0 Å². The first-order valence-corrected chi connectivity index (χ1v) is 20.3. The van der Waals surface area contributed by atoms with E-state index >= 15 is 0 Å². The molecular weight excluding hydrogens is 855 g/mol. The monoisotopic (exact) mass is 913 g/mol. The zero-order valence-corrected chi connectivity index (χ0v) is 35.6. The molecule has 25 heteroatoms. The molecule has 0 radical (unpaired) electrons. The Balaban J connectivity index is 2.41. The van der Waals surface area contributed by atoms with Crippen molar-refractivity contribution in [3.05, 3.63) is 65.7 Å². The van der Waals surface area contributed by atoms with Gasteiger partial charge in [-0.1, -0.05) is 42.5 Å². The van der Waals surface area contributed by atoms with E-state index in [2.05, 4.69) is 41.9 Å². The number of hydrogen-bond donors (Lipinski definition) is 15. The molecule has 0 aromatic heterocycles. The van der Waals surface area contributed by atoms with E-state index in [0.29, 0.717) is 11.1 Å². The molecule has 0 aliphatic carbocycles. The Morgan fingerprint density at radius 3 is 1.42 bits per heavy atom. The standard InChI is InChI=1S/C40H59N13O12/c1-21(41)32(58)50-28(19-31(56)57)36(62)49-26(10-6-16-47-40(44)45)34(60)53-30(20-54)37(63)51-27(17-22-7-3-2-4-8-22)35(61)48-25(9-5-15-46-39(42)43)33(59)52-29(38(64)65)18-23-11-13-24(55)14-12-23/h2-4,7-8,11-14,21,25-30,54-55H,5-6,9-10,15-20,41H2,1H3,(H,48,61)(H,49,62)(H,50,58)(H,51,63)(H,52,59)(H,53,60)(H,56,57)(H,64,65)(H4,42,43,46)(H4,44,45,47)/t21-,25-,26-,27-,28-,29-,30-/m0/s1. The predicted molar refractivity (Wildman–Crippen MR) is 234 cm³/mol. The summed E-state index contributed by atoms with van der Waals surface area (Å²) in [4.78, 5) is 112. The van der Waals surface area contributed by atoms with E-state index in [1.54, 1.807) is 30.3 Å². The van der Waals surface area contributed by atoms with E-state index in [0.717, 1.165) is 0 Å². The number of nitrogens with one attached hydrogen (secondary N) is 6. The van der Waals surface area contributed by atoms with Crippen LogP contribution in [0.3, 0.4) is 0 Å². The van der Waals surface area contributed by atoms with Crippen LogP contribution in [0.1, 0.15) is 50.2 Å². The fourth-order valence-corrected chi connectivity index (χ4v) is 5.91. The summed E-state index contributed by atoms with van der Waals surface area (Å²) in [6.45, 7) is 0.262. The largest absolute Gasteiger partial charge is 0.508 e. The van der Waals surface area contributed by atoms with Crippen molar-refractivity contribution in [2.24, 2.45) is 38.7 Å². The molecule has 2 rings (SSSR count). The molecule has 0 aliphatic rings. The van der Waals surface area contributed by atoms with Gasteiger partial charge in [0.25, 0.3) is 0 Å². The van der Waals surface area contributed by atoms with Crippen molar-refractivity contribution in [1.29, 1.82) is 0 Å². The fourth-order valence-electron chi connectivity index (χ4n) is 5.91. The van der Waals surface area contributed by atoms with Gasteiger partial charge in [0.2, 0.25) is 35.4 Å². The Hall–Kier alpha value is -7.54. The minimum atomic E-state index is -1.77. The number of guanidine groups is 2. The maximum Gasteiger partial charge on any atom is 0.326 e. The zero-order valence-electron chi connectivity index (χ0n) is 35.6. The number of aliphatic carboxylic acids is 2. The van der Waals surface area contributed by atoms with Gasteiger partial charge in [-0.3, -0.25) is 43.5 Å². The number of benzene rings is 2. The number of phenolic OH excluding ortho intramolecular Hbond substituents is 1. The number of aliphatic hydroxyl groups excluding tert-OH is 1. The molecule has 0 fully saturated rings. The molecule has 356 valence electrons. The summed E-state index contributed by atoms with van der Waals surface area (Å²) in [6, 6.07) is 3.46. The van der Waals surface area contributed by atoms with Gasteiger partial charge in [0.1, 0.15) is 42.0 Å². The molecule has 0 saturated heterocycles. The minimum absolute atomic E-state index is 0.0230. The minimum Gasteiger partial charge on any atom is -0.508 e. The van der Waals surface area contributed by atoms with Gasteiger partial charge >= 0.3 is 11.9 Å². The van der Waals surface area contributed by atoms with Gasteiger partial charge in [0.15, 0.2) is 11.9 Å². The Kier molecular flexibility index (Phi) is 22.7. The van der Waals surface area contributed by atoms with Crippen molar-refractivity contribution in [3.8, 4) is 5.75 Å². The second-order valence-corrected chi connectivity index (χ2v) is 14.7. The van der Waals surface area contributed by atoms with Crippen LogP contribution in [0.25, 0.3) is 0 Å². The Labute approximate surface area is 373 Å². The van der Waals surface area contributed by atoms with Gasteiger partial charge < -0.3 is 81.0 Å². The highest BCUT2D eigenvalue weighted by atomic mass is 16.4. The number of rotatable bonds is 28. The summed E-state index contributed by atoms with van der Waals surface area (Å²) in [5, 5.41) is 53.6. The molecule has 2 aromatic carbocycles. The number of aliphatic hydroxyl groups is 1. The molecular formula is C40H59N13O12. The number of hydrogen-bond acceptors (Lipinski definition) is 13. The molecule has 25 nitrogen and oxygen atoms in total. The lowest BCUT2D eigenvalue weighted by molar-refractivity contribution is -0.142. The first-order chi connectivity index (χ1) is 30.7. The summed E-state index contributed by atoms with van der Waals surface area (Å²) in [5.41, 5.74) is 28.2. The van der Waals surface area contributed by atoms with Gasteiger partial charge in [-0.05, 0) is 55.9 Å². The molecule has 0 unspecified atom stereocenters. The van der Waals surface area contributed by atoms with Crippen molar-refractivity contribution < 1.29 is 58.8 Å². The van der Waals surface area contributed by atoms with Crippen LogP contribution in [0.4, 0.5) is 0 Å². The molecule has 0 spiro atoms. The number of nitrogens with zero attached hydrogens (tertiary/aromatic N) is 2. The second-order valence-electron chi connectivity index (χ2n) is 14.7. The molecule has 0 bridgehead atoms. The summed E-state index contributed by atoms with van der Waals surface area (Å²) in [7, 11) is 0. The van der Waals surface area contributed by atoms with Gasteiger partial charge in [0.05, 0.1) is 19.1 Å². The van der Waals surface area contributed by atoms with E-state index < -0.39 is 103 Å². The molecule has 2 aromatic rings. The van der Waals surface area contributed by atoms with Crippen LogP contribution < -0.4 is 60.6 Å². The van der Waals surface area contributed by atoms with Crippen molar-refractivity contribution >= 4 is 59.3 Å². The Bertz CT molecular complexity index is 1990. The van der Waals surface area contributed by atoms with E-state index in [-0.39, 0.29) is 69.3 Å². The Morgan fingerprint density at radius 2 is 0.954 bits per heavy atom. The van der Waals surface area contributed by atoms with Crippen LogP contribution in [0.2, 0.25) is 0 Å². The van der Waals surface area contributed by atoms with Crippen LogP contribution >= 0.6 is 0 Å². The van der Waals surface area contributed by atoms with E-state index in [9.17, 15) is 58.8 Å². The lowest BCUT2D eigenvalue weighted by Gasteiger charge is -2.27. The number of carbonyl (C=O) groups excluding carboxylic acids is 6. The van der Waals surface area contributed by atoms with Crippen LogP contribution in [-0.4, -0.2) is 142 Å². The molecule has 65 heavy (non-hydrogen) atoms. The number of carboxylic acids is 2. The van der Waals surface area contributed by atoms with Gasteiger partial charge in [-0.15, -0.1) is 0 Å². The number of carbonyl (C=O) groups is 8. The van der Waals surface area contributed by atoms with Crippen molar-refractivity contribution in [2.45, 2.75) is 94.2 Å². The summed E-state index contributed by atoms with van der Waals surface area (Å²) in [6.07, 6.45) is -1.39. The number of amides is 6. The number of phenols is 1. The number of aromatic hydroxyl groups is 1.